The van der Waals surface area contributed by atoms with Gasteiger partial charge in [-0.1, -0.05) is 11.6 Å². The molecule has 4 nitrogen and oxygen atoms in total. The summed E-state index contributed by atoms with van der Waals surface area (Å²) in [6.45, 7) is 0. The molecular formula is C8H9ClN4S. The maximum Gasteiger partial charge on any atom is 0.104 e. The fourth-order valence-corrected chi connectivity index (χ4v) is 2.19. The molecule has 0 radical (unpaired) electrons. The molecule has 1 unspecified atom stereocenters. The summed E-state index contributed by atoms with van der Waals surface area (Å²) in [6.07, 6.45) is 1.65. The number of thiophene rings is 1. The van der Waals surface area contributed by atoms with Crippen LogP contribution in [0.1, 0.15) is 17.3 Å². The van der Waals surface area contributed by atoms with Crippen LogP contribution >= 0.6 is 22.9 Å². The first-order valence-electron chi connectivity index (χ1n) is 4.03. The highest BCUT2D eigenvalue weighted by Gasteiger charge is 2.15. The van der Waals surface area contributed by atoms with Gasteiger partial charge in [-0.2, -0.15) is 15.0 Å². The van der Waals surface area contributed by atoms with Gasteiger partial charge in [-0.25, -0.2) is 0 Å². The number of rotatable bonds is 2. The molecule has 6 heteroatoms. The van der Waals surface area contributed by atoms with E-state index in [1.54, 1.807) is 13.2 Å². The smallest absolute Gasteiger partial charge is 0.104 e. The largest absolute Gasteiger partial charge is 0.319 e. The van der Waals surface area contributed by atoms with Gasteiger partial charge in [0.25, 0.3) is 0 Å². The van der Waals surface area contributed by atoms with Gasteiger partial charge >= 0.3 is 0 Å². The molecule has 1 atom stereocenters. The fourth-order valence-electron chi connectivity index (χ4n) is 1.19. The number of aryl methyl sites for hydroxylation is 1. The van der Waals surface area contributed by atoms with Gasteiger partial charge in [0.2, 0.25) is 0 Å². The Morgan fingerprint density at radius 2 is 2.43 bits per heavy atom. The van der Waals surface area contributed by atoms with Crippen molar-refractivity contribution in [1.29, 1.82) is 0 Å². The van der Waals surface area contributed by atoms with Crippen LogP contribution in [0.25, 0.3) is 0 Å². The highest BCUT2D eigenvalue weighted by Crippen LogP contribution is 2.29. The number of nitrogens with two attached hydrogens (primary N) is 1. The third-order valence-electron chi connectivity index (χ3n) is 1.92. The first-order chi connectivity index (χ1) is 6.68. The van der Waals surface area contributed by atoms with E-state index in [0.29, 0.717) is 4.34 Å². The van der Waals surface area contributed by atoms with Crippen molar-refractivity contribution in [2.24, 2.45) is 12.8 Å². The first-order valence-corrected chi connectivity index (χ1v) is 5.29. The average molecular weight is 229 g/mol. The summed E-state index contributed by atoms with van der Waals surface area (Å²) in [4.78, 5) is 1.48. The zero-order chi connectivity index (χ0) is 10.1. The van der Waals surface area contributed by atoms with Crippen LogP contribution in [0.4, 0.5) is 0 Å². The zero-order valence-electron chi connectivity index (χ0n) is 7.51. The van der Waals surface area contributed by atoms with Crippen molar-refractivity contribution in [3.05, 3.63) is 33.2 Å². The average Bonchev–Trinajstić information content (AvgIpc) is 2.73. The SMILES string of the molecule is Cn1ncc(C(N)c2ccsc2Cl)n1. The Labute approximate surface area is 90.3 Å². The van der Waals surface area contributed by atoms with E-state index in [1.165, 1.54) is 16.1 Å². The Hall–Kier alpha value is -0.910. The molecule has 0 fully saturated rings. The van der Waals surface area contributed by atoms with Crippen LogP contribution in [0.2, 0.25) is 4.34 Å². The Balaban J connectivity index is 2.33. The number of nitrogens with zero attached hydrogens (tertiary/aromatic N) is 3. The quantitative estimate of drug-likeness (QED) is 0.849. The number of hydrogen-bond donors (Lipinski definition) is 1. The highest BCUT2D eigenvalue weighted by atomic mass is 35.5. The molecule has 2 rings (SSSR count). The minimum absolute atomic E-state index is 0.289. The van der Waals surface area contributed by atoms with Crippen molar-refractivity contribution >= 4 is 22.9 Å². The van der Waals surface area contributed by atoms with E-state index in [9.17, 15) is 0 Å². The van der Waals surface area contributed by atoms with Crippen molar-refractivity contribution < 1.29 is 0 Å². The lowest BCUT2D eigenvalue weighted by Crippen LogP contribution is -2.12. The normalized spacial score (nSPS) is 13.1. The van der Waals surface area contributed by atoms with Gasteiger partial charge in [-0.05, 0) is 11.4 Å². The summed E-state index contributed by atoms with van der Waals surface area (Å²) in [7, 11) is 1.76. The van der Waals surface area contributed by atoms with Crippen LogP contribution in [0.3, 0.4) is 0 Å². The summed E-state index contributed by atoms with van der Waals surface area (Å²) in [5, 5.41) is 10.0. The van der Waals surface area contributed by atoms with E-state index in [2.05, 4.69) is 10.2 Å². The summed E-state index contributed by atoms with van der Waals surface area (Å²) in [6, 6.07) is 1.62. The second-order valence-electron chi connectivity index (χ2n) is 2.89. The topological polar surface area (TPSA) is 56.7 Å². The molecule has 0 aliphatic rings. The molecule has 14 heavy (non-hydrogen) atoms. The molecular weight excluding hydrogens is 220 g/mol. The molecule has 0 amide bonds. The van der Waals surface area contributed by atoms with Crippen LogP contribution in [0.15, 0.2) is 17.6 Å². The van der Waals surface area contributed by atoms with Gasteiger partial charge < -0.3 is 5.73 Å². The van der Waals surface area contributed by atoms with Crippen LogP contribution in [0, 0.1) is 0 Å². The predicted octanol–water partition coefficient (Wildman–Crippen LogP) is 1.58. The summed E-state index contributed by atoms with van der Waals surface area (Å²) in [5.74, 6) is 0. The summed E-state index contributed by atoms with van der Waals surface area (Å²) in [5.41, 5.74) is 7.61. The number of aromatic nitrogens is 3. The molecule has 0 bridgehead atoms. The Morgan fingerprint density at radius 3 is 2.93 bits per heavy atom. The second kappa shape index (κ2) is 3.68. The monoisotopic (exact) mass is 228 g/mol. The van der Waals surface area contributed by atoms with E-state index in [1.807, 2.05) is 11.4 Å². The van der Waals surface area contributed by atoms with Gasteiger partial charge in [0, 0.05) is 12.6 Å². The molecule has 0 saturated heterocycles. The third kappa shape index (κ3) is 1.66. The lowest BCUT2D eigenvalue weighted by atomic mass is 10.1. The van der Waals surface area contributed by atoms with E-state index in [4.69, 9.17) is 17.3 Å². The Bertz CT molecular complexity index is 436. The van der Waals surface area contributed by atoms with E-state index >= 15 is 0 Å². The van der Waals surface area contributed by atoms with Gasteiger partial charge in [0.15, 0.2) is 0 Å². The first kappa shape index (κ1) is 9.64. The molecule has 2 heterocycles. The fraction of sp³-hybridized carbons (Fsp3) is 0.250. The van der Waals surface area contributed by atoms with Crippen LogP contribution in [-0.4, -0.2) is 15.0 Å². The maximum atomic E-state index is 5.98. The highest BCUT2D eigenvalue weighted by molar-refractivity contribution is 7.14. The standard InChI is InChI=1S/C8H9ClN4S/c1-13-11-4-6(12-13)7(10)5-2-3-14-8(5)9/h2-4,7H,10H2,1H3. The van der Waals surface area contributed by atoms with Gasteiger partial charge in [0.1, 0.15) is 5.69 Å². The molecule has 0 saturated carbocycles. The van der Waals surface area contributed by atoms with Crippen LogP contribution < -0.4 is 5.73 Å². The van der Waals surface area contributed by atoms with Gasteiger partial charge in [-0.15, -0.1) is 11.3 Å². The Morgan fingerprint density at radius 1 is 1.64 bits per heavy atom. The van der Waals surface area contributed by atoms with Crippen LogP contribution in [-0.2, 0) is 7.05 Å². The van der Waals surface area contributed by atoms with Crippen LogP contribution in [0.5, 0.6) is 0 Å². The van der Waals surface area contributed by atoms with E-state index in [-0.39, 0.29) is 6.04 Å². The lowest BCUT2D eigenvalue weighted by Gasteiger charge is -2.05. The Kier molecular flexibility index (Phi) is 2.54. The van der Waals surface area contributed by atoms with Crippen molar-refractivity contribution in [3.63, 3.8) is 0 Å². The van der Waals surface area contributed by atoms with Crippen molar-refractivity contribution in [3.8, 4) is 0 Å². The molecule has 2 aromatic rings. The number of hydrogen-bond acceptors (Lipinski definition) is 4. The lowest BCUT2D eigenvalue weighted by molar-refractivity contribution is 0.637. The van der Waals surface area contributed by atoms with Crippen molar-refractivity contribution in [2.45, 2.75) is 6.04 Å². The van der Waals surface area contributed by atoms with Gasteiger partial charge in [-0.3, -0.25) is 0 Å². The second-order valence-corrected chi connectivity index (χ2v) is 4.40. The minimum Gasteiger partial charge on any atom is -0.319 e. The number of halogens is 1. The molecule has 0 aromatic carbocycles. The molecule has 2 N–H and O–H groups in total. The molecule has 0 aliphatic heterocycles. The van der Waals surface area contributed by atoms with Crippen molar-refractivity contribution in [1.82, 2.24) is 15.0 Å². The van der Waals surface area contributed by atoms with Gasteiger partial charge in [0.05, 0.1) is 16.6 Å². The summed E-state index contributed by atoms with van der Waals surface area (Å²) < 4.78 is 0.711. The maximum absolute atomic E-state index is 5.98. The minimum atomic E-state index is -0.289. The van der Waals surface area contributed by atoms with E-state index in [0.717, 1.165) is 11.3 Å². The predicted molar refractivity (Wildman–Crippen MR) is 56.4 cm³/mol. The summed E-state index contributed by atoms with van der Waals surface area (Å²) >= 11 is 7.44. The third-order valence-corrected chi connectivity index (χ3v) is 3.12. The molecule has 0 aliphatic carbocycles. The van der Waals surface area contributed by atoms with E-state index < -0.39 is 0 Å². The van der Waals surface area contributed by atoms with Crippen molar-refractivity contribution in [2.75, 3.05) is 0 Å². The molecule has 0 spiro atoms. The molecule has 74 valence electrons. The zero-order valence-corrected chi connectivity index (χ0v) is 9.09. The molecule has 2 aromatic heterocycles.